The van der Waals surface area contributed by atoms with Crippen molar-refractivity contribution in [2.24, 2.45) is 0 Å². The average molecular weight is 316 g/mol. The predicted octanol–water partition coefficient (Wildman–Crippen LogP) is 7.26. The fraction of sp³-hybridized carbons (Fsp3) is 0.696. The minimum atomic E-state index is 0.927. The van der Waals surface area contributed by atoms with Gasteiger partial charge in [0.25, 0.3) is 0 Å². The summed E-state index contributed by atoms with van der Waals surface area (Å²) in [6.45, 7) is 11.0. The van der Waals surface area contributed by atoms with Crippen LogP contribution in [-0.2, 0) is 25.7 Å². The zero-order valence-corrected chi connectivity index (χ0v) is 16.1. The molecule has 0 atom stereocenters. The quantitative estimate of drug-likeness (QED) is 0.336. The average Bonchev–Trinajstić information content (AvgIpc) is 2.57. The molecule has 0 aliphatic heterocycles. The first kappa shape index (κ1) is 20.3. The molecule has 1 aromatic rings. The molecule has 0 saturated carbocycles. The highest BCUT2D eigenvalue weighted by Gasteiger charge is 2.10. The van der Waals surface area contributed by atoms with Gasteiger partial charge in [0.15, 0.2) is 0 Å². The Morgan fingerprint density at radius 1 is 0.652 bits per heavy atom. The minimum absolute atomic E-state index is 0.927. The molecule has 0 aliphatic rings. The third-order valence-electron chi connectivity index (χ3n) is 4.91. The van der Waals surface area contributed by atoms with Crippen LogP contribution in [0.3, 0.4) is 0 Å². The Kier molecular flexibility index (Phi) is 11.1. The van der Waals surface area contributed by atoms with Crippen LogP contribution in [0, 0.1) is 6.92 Å². The van der Waals surface area contributed by atoms with Crippen molar-refractivity contribution in [1.29, 1.82) is 0 Å². The van der Waals surface area contributed by atoms with Crippen molar-refractivity contribution in [3.8, 4) is 0 Å². The topological polar surface area (TPSA) is 0 Å². The van der Waals surface area contributed by atoms with Crippen molar-refractivity contribution in [3.63, 3.8) is 0 Å². The molecule has 0 heterocycles. The van der Waals surface area contributed by atoms with Crippen LogP contribution in [0.4, 0.5) is 0 Å². The summed E-state index contributed by atoms with van der Waals surface area (Å²) in [5, 5.41) is 0. The van der Waals surface area contributed by atoms with Gasteiger partial charge < -0.3 is 0 Å². The van der Waals surface area contributed by atoms with E-state index in [1.54, 1.807) is 16.7 Å². The van der Waals surface area contributed by atoms with Gasteiger partial charge in [-0.05, 0) is 74.1 Å². The summed E-state index contributed by atoms with van der Waals surface area (Å²) in [6.07, 6.45) is 16.8. The standard InChI is InChI=1S/C23H39/c1-5-9-12-15-21-18-20(8-4)19-22(16-13-10-6-2)23(21)17-14-11-7-3/h18-19H,4-17H2,1-3H3. The molecule has 0 spiro atoms. The zero-order chi connectivity index (χ0) is 16.9. The molecule has 0 amide bonds. The van der Waals surface area contributed by atoms with Crippen LogP contribution >= 0.6 is 0 Å². The lowest BCUT2D eigenvalue weighted by atomic mass is 9.88. The van der Waals surface area contributed by atoms with Gasteiger partial charge in [0.05, 0.1) is 0 Å². The van der Waals surface area contributed by atoms with Gasteiger partial charge in [0.1, 0.15) is 0 Å². The molecular formula is C23H39. The molecule has 0 fully saturated rings. The van der Waals surface area contributed by atoms with Crippen molar-refractivity contribution < 1.29 is 0 Å². The molecule has 1 radical (unpaired) electrons. The second-order valence-corrected chi connectivity index (χ2v) is 7.01. The van der Waals surface area contributed by atoms with E-state index in [0.29, 0.717) is 0 Å². The van der Waals surface area contributed by atoms with Gasteiger partial charge in [-0.25, -0.2) is 0 Å². The Bertz CT molecular complexity index is 385. The van der Waals surface area contributed by atoms with E-state index in [1.807, 2.05) is 0 Å². The number of rotatable bonds is 13. The highest BCUT2D eigenvalue weighted by molar-refractivity contribution is 5.40. The van der Waals surface area contributed by atoms with E-state index in [9.17, 15) is 0 Å². The molecule has 0 unspecified atom stereocenters. The Morgan fingerprint density at radius 3 is 1.48 bits per heavy atom. The molecule has 0 saturated heterocycles. The molecule has 0 bridgehead atoms. The first-order valence-electron chi connectivity index (χ1n) is 10.2. The Labute approximate surface area is 146 Å². The molecule has 0 aromatic heterocycles. The number of aryl methyl sites for hydroxylation is 2. The second kappa shape index (κ2) is 12.6. The van der Waals surface area contributed by atoms with E-state index in [-0.39, 0.29) is 0 Å². The molecular weight excluding hydrogens is 276 g/mol. The van der Waals surface area contributed by atoms with Crippen LogP contribution in [0.15, 0.2) is 12.1 Å². The summed E-state index contributed by atoms with van der Waals surface area (Å²) in [4.78, 5) is 0. The summed E-state index contributed by atoms with van der Waals surface area (Å²) in [5.74, 6) is 0. The lowest BCUT2D eigenvalue weighted by Crippen LogP contribution is -2.04. The minimum Gasteiger partial charge on any atom is -0.0654 e. The van der Waals surface area contributed by atoms with E-state index >= 15 is 0 Å². The summed E-state index contributed by atoms with van der Waals surface area (Å²) >= 11 is 0. The van der Waals surface area contributed by atoms with Crippen LogP contribution < -0.4 is 0 Å². The van der Waals surface area contributed by atoms with Crippen molar-refractivity contribution in [1.82, 2.24) is 0 Å². The van der Waals surface area contributed by atoms with Crippen molar-refractivity contribution in [2.45, 2.75) is 104 Å². The third kappa shape index (κ3) is 7.55. The lowest BCUT2D eigenvalue weighted by molar-refractivity contribution is 0.677. The Morgan fingerprint density at radius 2 is 1.09 bits per heavy atom. The molecule has 1 aromatic carbocycles. The van der Waals surface area contributed by atoms with E-state index in [4.69, 9.17) is 0 Å². The smallest absolute Gasteiger partial charge is 0.0273 e. The molecule has 0 aliphatic carbocycles. The van der Waals surface area contributed by atoms with Gasteiger partial charge in [-0.1, -0.05) is 71.4 Å². The molecule has 131 valence electrons. The lowest BCUT2D eigenvalue weighted by Gasteiger charge is -2.17. The fourth-order valence-electron chi connectivity index (χ4n) is 3.46. The Hall–Kier alpha value is -0.780. The predicted molar refractivity (Wildman–Crippen MR) is 105 cm³/mol. The highest BCUT2D eigenvalue weighted by Crippen LogP contribution is 2.25. The van der Waals surface area contributed by atoms with E-state index < -0.39 is 0 Å². The fourth-order valence-corrected chi connectivity index (χ4v) is 3.46. The highest BCUT2D eigenvalue weighted by atomic mass is 14.2. The van der Waals surface area contributed by atoms with Crippen LogP contribution in [0.2, 0.25) is 0 Å². The van der Waals surface area contributed by atoms with E-state index in [1.165, 1.54) is 82.6 Å². The van der Waals surface area contributed by atoms with Crippen molar-refractivity contribution in [2.75, 3.05) is 0 Å². The van der Waals surface area contributed by atoms with Crippen molar-refractivity contribution in [3.05, 3.63) is 41.3 Å². The number of unbranched alkanes of at least 4 members (excludes halogenated alkanes) is 6. The normalized spacial score (nSPS) is 11.1. The summed E-state index contributed by atoms with van der Waals surface area (Å²) in [7, 11) is 0. The van der Waals surface area contributed by atoms with Gasteiger partial charge in [-0.3, -0.25) is 0 Å². The summed E-state index contributed by atoms with van der Waals surface area (Å²) in [6, 6.07) is 4.93. The third-order valence-corrected chi connectivity index (χ3v) is 4.91. The van der Waals surface area contributed by atoms with Gasteiger partial charge in [0.2, 0.25) is 0 Å². The summed E-state index contributed by atoms with van der Waals surface area (Å²) in [5.41, 5.74) is 6.43. The first-order valence-corrected chi connectivity index (χ1v) is 10.2. The molecule has 23 heavy (non-hydrogen) atoms. The van der Waals surface area contributed by atoms with Gasteiger partial charge in [0, 0.05) is 0 Å². The number of benzene rings is 1. The maximum atomic E-state index is 4.14. The number of hydrogen-bond donors (Lipinski definition) is 0. The van der Waals surface area contributed by atoms with Gasteiger partial charge in [-0.2, -0.15) is 0 Å². The monoisotopic (exact) mass is 315 g/mol. The maximum Gasteiger partial charge on any atom is -0.0273 e. The Balaban J connectivity index is 2.97. The van der Waals surface area contributed by atoms with E-state index in [0.717, 1.165) is 6.42 Å². The van der Waals surface area contributed by atoms with Gasteiger partial charge in [-0.15, -0.1) is 0 Å². The molecule has 0 N–H and O–H groups in total. The zero-order valence-electron chi connectivity index (χ0n) is 16.1. The number of hydrogen-bond acceptors (Lipinski definition) is 0. The van der Waals surface area contributed by atoms with Crippen LogP contribution in [0.5, 0.6) is 0 Å². The van der Waals surface area contributed by atoms with Crippen LogP contribution in [-0.4, -0.2) is 0 Å². The first-order chi connectivity index (χ1) is 11.3. The van der Waals surface area contributed by atoms with Crippen LogP contribution in [0.25, 0.3) is 0 Å². The molecule has 0 heteroatoms. The van der Waals surface area contributed by atoms with Crippen molar-refractivity contribution >= 4 is 0 Å². The van der Waals surface area contributed by atoms with Crippen LogP contribution in [0.1, 0.15) is 101 Å². The molecule has 0 nitrogen and oxygen atoms in total. The molecule has 1 rings (SSSR count). The van der Waals surface area contributed by atoms with Gasteiger partial charge >= 0.3 is 0 Å². The summed E-state index contributed by atoms with van der Waals surface area (Å²) < 4.78 is 0. The second-order valence-electron chi connectivity index (χ2n) is 7.01. The maximum absolute atomic E-state index is 4.14. The van der Waals surface area contributed by atoms with E-state index in [2.05, 4.69) is 39.8 Å². The SMILES string of the molecule is [CH2]Cc1cc(CCCCC)c(CCCCC)c(CCCCC)c1. The largest absolute Gasteiger partial charge is 0.0654 e.